The van der Waals surface area contributed by atoms with Crippen LogP contribution in [-0.4, -0.2) is 48.3 Å². The SMILES string of the molecule is CC(C)(C)C(=O)O.CCCCCCCCCCCCCCCCCCC(CCCCCCCCCCCC)CCCCCCCCCCCCCCCCC(=O)OCC(COC(=O)CCCCCCCCCCCCCCCCC)OC(=O)CCCCCCCCCCCCCCCCC. The highest BCUT2D eigenvalue weighted by Crippen LogP contribution is 2.27. The Morgan fingerprint density at radius 3 is 0.560 bits per heavy atom. The Labute approximate surface area is 626 Å². The molecule has 0 saturated carbocycles. The Hall–Kier alpha value is -2.12. The molecule has 0 radical (unpaired) electrons. The van der Waals surface area contributed by atoms with Gasteiger partial charge in [-0.05, 0) is 46.0 Å². The molecule has 0 aromatic carbocycles. The van der Waals surface area contributed by atoms with Gasteiger partial charge in [0.15, 0.2) is 6.10 Å². The molecule has 0 aliphatic heterocycles. The molecule has 0 heterocycles. The van der Waals surface area contributed by atoms with Crippen LogP contribution in [0.1, 0.15) is 536 Å². The van der Waals surface area contributed by atoms with Crippen LogP contribution in [0.5, 0.6) is 0 Å². The summed E-state index contributed by atoms with van der Waals surface area (Å²) in [6.45, 7) is 14.1. The molecule has 2 unspecified atom stereocenters. The average Bonchev–Trinajstić information content (AvgIpc) is 1.31. The number of carboxylic acids is 1. The lowest BCUT2D eigenvalue weighted by molar-refractivity contribution is -0.167. The predicted octanol–water partition coefficient (Wildman–Crippen LogP) is 31.4. The highest BCUT2D eigenvalue weighted by Gasteiger charge is 2.21. The number of ether oxygens (including phenoxy) is 3. The fraction of sp³-hybridized carbons (Fsp3) is 0.957. The smallest absolute Gasteiger partial charge is 0.308 e. The molecule has 0 aliphatic rings. The summed E-state index contributed by atoms with van der Waals surface area (Å²) < 4.78 is 17.1. The summed E-state index contributed by atoms with van der Waals surface area (Å²) >= 11 is 0. The summed E-state index contributed by atoms with van der Waals surface area (Å²) in [6.07, 6.45) is 99.1. The summed E-state index contributed by atoms with van der Waals surface area (Å²) in [4.78, 5) is 48.7. The zero-order chi connectivity index (χ0) is 73.2. The molecule has 1 N–H and O–H groups in total. The van der Waals surface area contributed by atoms with Gasteiger partial charge in [0.25, 0.3) is 0 Å². The van der Waals surface area contributed by atoms with E-state index in [9.17, 15) is 19.2 Å². The highest BCUT2D eigenvalue weighted by molar-refractivity contribution is 5.73. The molecule has 0 amide bonds. The van der Waals surface area contributed by atoms with Crippen molar-refractivity contribution < 1.29 is 38.5 Å². The molecule has 596 valence electrons. The van der Waals surface area contributed by atoms with Crippen LogP contribution in [0.15, 0.2) is 0 Å². The molecular formula is C92H180O8. The van der Waals surface area contributed by atoms with Gasteiger partial charge in [-0.2, -0.15) is 0 Å². The first-order valence-electron chi connectivity index (χ1n) is 45.6. The second-order valence-electron chi connectivity index (χ2n) is 32.8. The van der Waals surface area contributed by atoms with Gasteiger partial charge in [0.2, 0.25) is 0 Å². The molecule has 0 fully saturated rings. The number of esters is 3. The minimum Gasteiger partial charge on any atom is -0.481 e. The predicted molar refractivity (Wildman–Crippen MR) is 436 cm³/mol. The third-order valence-corrected chi connectivity index (χ3v) is 21.4. The summed E-state index contributed by atoms with van der Waals surface area (Å²) in [5.74, 6) is -0.590. The largest absolute Gasteiger partial charge is 0.481 e. The lowest BCUT2D eigenvalue weighted by Crippen LogP contribution is -2.30. The van der Waals surface area contributed by atoms with Gasteiger partial charge in [-0.3, -0.25) is 19.2 Å². The van der Waals surface area contributed by atoms with E-state index in [-0.39, 0.29) is 31.1 Å². The number of aliphatic carboxylic acids is 1. The van der Waals surface area contributed by atoms with E-state index in [1.54, 1.807) is 20.8 Å². The first-order chi connectivity index (χ1) is 48.9. The lowest BCUT2D eigenvalue weighted by Gasteiger charge is -2.18. The average molecular weight is 1410 g/mol. The maximum atomic E-state index is 13.0. The topological polar surface area (TPSA) is 116 Å². The standard InChI is InChI=1S/C87H170O6.C5H10O2/c1-5-9-13-17-21-25-29-32-35-38-41-46-52-58-64-70-76-83(75-69-63-57-51-28-24-20-16-12-8-4)77-71-65-59-53-47-42-39-40-44-49-55-61-67-73-79-86(89)92-82-84(93-87(90)80-74-68-62-56-50-45-37-34-31-27-23-19-15-11-7-3)81-91-85(88)78-72-66-60-54-48-43-36-33-30-26-22-18-14-10-6-2;1-5(2,3)4(6)7/h83-84H,5-82H2,1-4H3;1-3H3,(H,6,7). The second-order valence-corrected chi connectivity index (χ2v) is 32.8. The van der Waals surface area contributed by atoms with Gasteiger partial charge in [0, 0.05) is 19.3 Å². The van der Waals surface area contributed by atoms with Gasteiger partial charge in [-0.1, -0.05) is 477 Å². The van der Waals surface area contributed by atoms with E-state index in [1.807, 2.05) is 0 Å². The van der Waals surface area contributed by atoms with Crippen molar-refractivity contribution in [2.45, 2.75) is 543 Å². The van der Waals surface area contributed by atoms with Crippen molar-refractivity contribution >= 4 is 23.9 Å². The Morgan fingerprint density at radius 2 is 0.390 bits per heavy atom. The first kappa shape index (κ1) is 99.9. The van der Waals surface area contributed by atoms with E-state index in [0.717, 1.165) is 63.7 Å². The van der Waals surface area contributed by atoms with Crippen molar-refractivity contribution in [1.29, 1.82) is 0 Å². The number of carboxylic acid groups (broad SMARTS) is 1. The summed E-state index contributed by atoms with van der Waals surface area (Å²) in [6, 6.07) is 0. The van der Waals surface area contributed by atoms with Crippen LogP contribution in [0.2, 0.25) is 0 Å². The number of unbranched alkanes of at least 4 members (excludes halogenated alkanes) is 65. The van der Waals surface area contributed by atoms with Gasteiger partial charge < -0.3 is 19.3 Å². The van der Waals surface area contributed by atoms with E-state index >= 15 is 0 Å². The normalized spacial score (nSPS) is 12.2. The third-order valence-electron chi connectivity index (χ3n) is 21.4. The van der Waals surface area contributed by atoms with Gasteiger partial charge in [-0.15, -0.1) is 0 Å². The number of rotatable bonds is 82. The number of hydrogen-bond acceptors (Lipinski definition) is 7. The Kier molecular flexibility index (Phi) is 84.1. The molecular weight excluding hydrogens is 1230 g/mol. The molecule has 2 atom stereocenters. The van der Waals surface area contributed by atoms with Crippen molar-refractivity contribution in [3.8, 4) is 0 Å². The van der Waals surface area contributed by atoms with Crippen LogP contribution >= 0.6 is 0 Å². The first-order valence-corrected chi connectivity index (χ1v) is 45.6. The van der Waals surface area contributed by atoms with E-state index in [1.165, 1.54) is 411 Å². The van der Waals surface area contributed by atoms with Crippen LogP contribution in [-0.2, 0) is 33.4 Å². The van der Waals surface area contributed by atoms with Crippen LogP contribution in [0.25, 0.3) is 0 Å². The van der Waals surface area contributed by atoms with Gasteiger partial charge in [0.05, 0.1) is 5.41 Å². The molecule has 0 aromatic heterocycles. The van der Waals surface area contributed by atoms with Crippen molar-refractivity contribution in [3.63, 3.8) is 0 Å². The second kappa shape index (κ2) is 84.1. The summed E-state index contributed by atoms with van der Waals surface area (Å²) in [5, 5.41) is 8.25. The molecule has 0 saturated heterocycles. The Balaban J connectivity index is 0. The Morgan fingerprint density at radius 1 is 0.240 bits per heavy atom. The number of hydrogen-bond donors (Lipinski definition) is 1. The van der Waals surface area contributed by atoms with Crippen LogP contribution in [0.4, 0.5) is 0 Å². The van der Waals surface area contributed by atoms with Gasteiger partial charge in [-0.25, -0.2) is 0 Å². The van der Waals surface area contributed by atoms with Crippen molar-refractivity contribution in [2.75, 3.05) is 13.2 Å². The maximum absolute atomic E-state index is 13.0. The summed E-state index contributed by atoms with van der Waals surface area (Å²) in [7, 11) is 0. The zero-order valence-corrected chi connectivity index (χ0v) is 69.1. The van der Waals surface area contributed by atoms with Crippen LogP contribution in [0.3, 0.4) is 0 Å². The summed E-state index contributed by atoms with van der Waals surface area (Å²) in [5.41, 5.74) is -0.583. The minimum absolute atomic E-state index is 0.0603. The number of carbonyl (C=O) groups excluding carboxylic acids is 3. The maximum Gasteiger partial charge on any atom is 0.308 e. The van der Waals surface area contributed by atoms with Crippen molar-refractivity contribution in [3.05, 3.63) is 0 Å². The minimum atomic E-state index is -0.766. The van der Waals surface area contributed by atoms with E-state index in [4.69, 9.17) is 19.3 Å². The molecule has 0 spiro atoms. The quantitative estimate of drug-likeness (QED) is 0.0364. The highest BCUT2D eigenvalue weighted by atomic mass is 16.6. The van der Waals surface area contributed by atoms with Crippen molar-refractivity contribution in [1.82, 2.24) is 0 Å². The van der Waals surface area contributed by atoms with E-state index in [0.29, 0.717) is 19.3 Å². The monoisotopic (exact) mass is 1410 g/mol. The lowest BCUT2D eigenvalue weighted by atomic mass is 9.89. The molecule has 8 nitrogen and oxygen atoms in total. The van der Waals surface area contributed by atoms with E-state index in [2.05, 4.69) is 27.7 Å². The number of carbonyl (C=O) groups is 4. The Bertz CT molecular complexity index is 1620. The van der Waals surface area contributed by atoms with Crippen LogP contribution < -0.4 is 0 Å². The third kappa shape index (κ3) is 84.8. The molecule has 0 bridgehead atoms. The molecule has 100 heavy (non-hydrogen) atoms. The van der Waals surface area contributed by atoms with Gasteiger partial charge in [0.1, 0.15) is 13.2 Å². The molecule has 8 heteroatoms. The molecule has 0 aliphatic carbocycles. The fourth-order valence-corrected chi connectivity index (χ4v) is 14.3. The van der Waals surface area contributed by atoms with Gasteiger partial charge >= 0.3 is 23.9 Å². The fourth-order valence-electron chi connectivity index (χ4n) is 14.3. The van der Waals surface area contributed by atoms with Crippen molar-refractivity contribution in [2.24, 2.45) is 11.3 Å². The van der Waals surface area contributed by atoms with E-state index < -0.39 is 17.5 Å². The molecule has 0 rings (SSSR count). The molecule has 0 aromatic rings. The van der Waals surface area contributed by atoms with Crippen LogP contribution in [0, 0.1) is 11.3 Å². The zero-order valence-electron chi connectivity index (χ0n) is 69.1.